The molecule has 0 aliphatic carbocycles. The molecule has 0 aromatic heterocycles. The SMILES string of the molecule is CCN(CC)c1ccc(NC(=O)CCNc2cccc(Cl)c2Cl)cc1. The van der Waals surface area contributed by atoms with Crippen LogP contribution in [0.5, 0.6) is 0 Å². The zero-order valence-corrected chi connectivity index (χ0v) is 16.0. The monoisotopic (exact) mass is 379 g/mol. The molecule has 25 heavy (non-hydrogen) atoms. The van der Waals surface area contributed by atoms with Crippen LogP contribution in [-0.4, -0.2) is 25.5 Å². The zero-order valence-electron chi connectivity index (χ0n) is 14.5. The second kappa shape index (κ2) is 9.54. The molecule has 0 saturated carbocycles. The Balaban J connectivity index is 1.83. The standard InChI is InChI=1S/C19H23Cl2N3O/c1-3-24(4-2)15-10-8-14(9-11-15)23-18(25)12-13-22-17-7-5-6-16(20)19(17)21/h5-11,22H,3-4,12-13H2,1-2H3,(H,23,25). The zero-order chi connectivity index (χ0) is 18.2. The molecule has 2 aromatic rings. The number of rotatable bonds is 8. The van der Waals surface area contributed by atoms with E-state index in [1.54, 1.807) is 6.07 Å². The maximum Gasteiger partial charge on any atom is 0.226 e. The molecular weight excluding hydrogens is 357 g/mol. The van der Waals surface area contributed by atoms with Crippen LogP contribution in [0.25, 0.3) is 0 Å². The van der Waals surface area contributed by atoms with Crippen molar-refractivity contribution < 1.29 is 4.79 Å². The van der Waals surface area contributed by atoms with Crippen LogP contribution in [0.2, 0.25) is 10.0 Å². The largest absolute Gasteiger partial charge is 0.383 e. The fraction of sp³-hybridized carbons (Fsp3) is 0.316. The number of nitrogens with zero attached hydrogens (tertiary/aromatic N) is 1. The van der Waals surface area contributed by atoms with Crippen LogP contribution >= 0.6 is 23.2 Å². The average molecular weight is 380 g/mol. The fourth-order valence-electron chi connectivity index (χ4n) is 2.52. The number of benzene rings is 2. The van der Waals surface area contributed by atoms with Gasteiger partial charge in [0, 0.05) is 37.4 Å². The Morgan fingerprint density at radius 3 is 2.36 bits per heavy atom. The van der Waals surface area contributed by atoms with Gasteiger partial charge in [0.05, 0.1) is 15.7 Å². The van der Waals surface area contributed by atoms with Crippen molar-refractivity contribution in [1.29, 1.82) is 0 Å². The van der Waals surface area contributed by atoms with E-state index in [2.05, 4.69) is 29.4 Å². The number of carbonyl (C=O) groups excluding carboxylic acids is 1. The second-order valence-corrected chi connectivity index (χ2v) is 6.33. The predicted molar refractivity (Wildman–Crippen MR) is 108 cm³/mol. The first-order valence-electron chi connectivity index (χ1n) is 8.37. The number of carbonyl (C=O) groups is 1. The molecule has 0 atom stereocenters. The van der Waals surface area contributed by atoms with Crippen molar-refractivity contribution in [3.8, 4) is 0 Å². The van der Waals surface area contributed by atoms with Gasteiger partial charge in [-0.3, -0.25) is 4.79 Å². The normalized spacial score (nSPS) is 10.4. The van der Waals surface area contributed by atoms with Crippen molar-refractivity contribution in [2.75, 3.05) is 35.2 Å². The van der Waals surface area contributed by atoms with Crippen molar-refractivity contribution in [3.63, 3.8) is 0 Å². The maximum absolute atomic E-state index is 12.1. The minimum Gasteiger partial charge on any atom is -0.383 e. The van der Waals surface area contributed by atoms with Crippen LogP contribution in [0, 0.1) is 0 Å². The van der Waals surface area contributed by atoms with Gasteiger partial charge in [0.15, 0.2) is 0 Å². The van der Waals surface area contributed by atoms with E-state index in [0.29, 0.717) is 23.0 Å². The number of nitrogens with one attached hydrogen (secondary N) is 2. The summed E-state index contributed by atoms with van der Waals surface area (Å²) < 4.78 is 0. The highest BCUT2D eigenvalue weighted by atomic mass is 35.5. The van der Waals surface area contributed by atoms with Crippen LogP contribution in [-0.2, 0) is 4.79 Å². The summed E-state index contributed by atoms with van der Waals surface area (Å²) in [7, 11) is 0. The lowest BCUT2D eigenvalue weighted by molar-refractivity contribution is -0.115. The minimum absolute atomic E-state index is 0.0544. The number of anilines is 3. The predicted octanol–water partition coefficient (Wildman–Crippen LogP) is 5.28. The highest BCUT2D eigenvalue weighted by molar-refractivity contribution is 6.43. The van der Waals surface area contributed by atoms with E-state index in [1.165, 1.54) is 0 Å². The quantitative estimate of drug-likeness (QED) is 0.655. The van der Waals surface area contributed by atoms with Crippen molar-refractivity contribution in [2.24, 2.45) is 0 Å². The molecule has 0 heterocycles. The van der Waals surface area contributed by atoms with E-state index in [9.17, 15) is 4.79 Å². The van der Waals surface area contributed by atoms with E-state index in [0.717, 1.165) is 30.2 Å². The molecule has 0 saturated heterocycles. The molecule has 0 aliphatic rings. The molecule has 0 fully saturated rings. The van der Waals surface area contributed by atoms with Gasteiger partial charge in [-0.25, -0.2) is 0 Å². The van der Waals surface area contributed by atoms with Gasteiger partial charge in [-0.1, -0.05) is 29.3 Å². The molecule has 0 unspecified atom stereocenters. The van der Waals surface area contributed by atoms with Crippen molar-refractivity contribution in [3.05, 3.63) is 52.5 Å². The van der Waals surface area contributed by atoms with Crippen LogP contribution in [0.4, 0.5) is 17.1 Å². The van der Waals surface area contributed by atoms with Gasteiger partial charge in [0.2, 0.25) is 5.91 Å². The Bertz CT molecular complexity index is 700. The first kappa shape index (κ1) is 19.4. The third-order valence-electron chi connectivity index (χ3n) is 3.90. The molecule has 0 bridgehead atoms. The van der Waals surface area contributed by atoms with Crippen LogP contribution in [0.1, 0.15) is 20.3 Å². The lowest BCUT2D eigenvalue weighted by Crippen LogP contribution is -2.21. The summed E-state index contributed by atoms with van der Waals surface area (Å²) in [4.78, 5) is 14.3. The smallest absolute Gasteiger partial charge is 0.226 e. The van der Waals surface area contributed by atoms with E-state index in [-0.39, 0.29) is 5.91 Å². The Kier molecular flexibility index (Phi) is 7.41. The van der Waals surface area contributed by atoms with Gasteiger partial charge in [-0.05, 0) is 50.2 Å². The van der Waals surface area contributed by atoms with Gasteiger partial charge in [0.1, 0.15) is 0 Å². The Morgan fingerprint density at radius 1 is 1.04 bits per heavy atom. The molecule has 2 rings (SSSR count). The molecule has 1 amide bonds. The fourth-order valence-corrected chi connectivity index (χ4v) is 2.89. The highest BCUT2D eigenvalue weighted by Crippen LogP contribution is 2.29. The summed E-state index contributed by atoms with van der Waals surface area (Å²) in [6.45, 7) is 6.64. The summed E-state index contributed by atoms with van der Waals surface area (Å²) >= 11 is 12.1. The average Bonchev–Trinajstić information content (AvgIpc) is 2.61. The summed E-state index contributed by atoms with van der Waals surface area (Å²) in [5, 5.41) is 6.98. The molecule has 0 spiro atoms. The summed E-state index contributed by atoms with van der Waals surface area (Å²) in [5.41, 5.74) is 2.67. The molecule has 2 N–H and O–H groups in total. The van der Waals surface area contributed by atoms with Crippen molar-refractivity contribution >= 4 is 46.2 Å². The topological polar surface area (TPSA) is 44.4 Å². The molecule has 0 radical (unpaired) electrons. The van der Waals surface area contributed by atoms with E-state index >= 15 is 0 Å². The molecule has 0 aliphatic heterocycles. The molecule has 4 nitrogen and oxygen atoms in total. The third kappa shape index (κ3) is 5.55. The van der Waals surface area contributed by atoms with E-state index in [1.807, 2.05) is 36.4 Å². The third-order valence-corrected chi connectivity index (χ3v) is 4.72. The Labute approximate surface area is 159 Å². The minimum atomic E-state index is -0.0544. The molecule has 6 heteroatoms. The first-order chi connectivity index (χ1) is 12.0. The Morgan fingerprint density at radius 2 is 1.72 bits per heavy atom. The van der Waals surface area contributed by atoms with Gasteiger partial charge in [-0.2, -0.15) is 0 Å². The van der Waals surface area contributed by atoms with Crippen molar-refractivity contribution in [2.45, 2.75) is 20.3 Å². The molecule has 134 valence electrons. The van der Waals surface area contributed by atoms with Gasteiger partial charge < -0.3 is 15.5 Å². The van der Waals surface area contributed by atoms with Crippen LogP contribution in [0.15, 0.2) is 42.5 Å². The van der Waals surface area contributed by atoms with E-state index in [4.69, 9.17) is 23.2 Å². The summed E-state index contributed by atoms with van der Waals surface area (Å²) in [6, 6.07) is 13.3. The number of hydrogen-bond acceptors (Lipinski definition) is 3. The number of amides is 1. The lowest BCUT2D eigenvalue weighted by atomic mass is 10.2. The summed E-state index contributed by atoms with van der Waals surface area (Å²) in [6.07, 6.45) is 0.334. The first-order valence-corrected chi connectivity index (χ1v) is 9.13. The maximum atomic E-state index is 12.1. The van der Waals surface area contributed by atoms with Crippen LogP contribution in [0.3, 0.4) is 0 Å². The summed E-state index contributed by atoms with van der Waals surface area (Å²) in [5.74, 6) is -0.0544. The van der Waals surface area contributed by atoms with E-state index < -0.39 is 0 Å². The van der Waals surface area contributed by atoms with Gasteiger partial charge in [-0.15, -0.1) is 0 Å². The molecular formula is C19H23Cl2N3O. The lowest BCUT2D eigenvalue weighted by Gasteiger charge is -2.21. The molecule has 2 aromatic carbocycles. The van der Waals surface area contributed by atoms with Crippen molar-refractivity contribution in [1.82, 2.24) is 0 Å². The second-order valence-electron chi connectivity index (χ2n) is 5.55. The number of hydrogen-bond donors (Lipinski definition) is 2. The van der Waals surface area contributed by atoms with Gasteiger partial charge >= 0.3 is 0 Å². The highest BCUT2D eigenvalue weighted by Gasteiger charge is 2.07. The van der Waals surface area contributed by atoms with Crippen LogP contribution < -0.4 is 15.5 Å². The van der Waals surface area contributed by atoms with Gasteiger partial charge in [0.25, 0.3) is 0 Å². The Hall–Kier alpha value is -1.91. The number of halogens is 2.